The lowest BCUT2D eigenvalue weighted by Gasteiger charge is -2.14. The molecule has 0 fully saturated rings. The molecule has 0 aliphatic heterocycles. The molecule has 1 aromatic rings. The molecule has 1 rings (SSSR count). The fourth-order valence-electron chi connectivity index (χ4n) is 1.39. The van der Waals surface area contributed by atoms with Gasteiger partial charge in [-0.1, -0.05) is 0 Å². The van der Waals surface area contributed by atoms with Gasteiger partial charge in [-0.15, -0.1) is 0 Å². The molecule has 3 N–H and O–H groups in total. The van der Waals surface area contributed by atoms with Crippen molar-refractivity contribution < 1.29 is 8.42 Å². The minimum Gasteiger partial charge on any atom is -0.397 e. The van der Waals surface area contributed by atoms with Crippen LogP contribution < -0.4 is 11.1 Å². The van der Waals surface area contributed by atoms with Crippen LogP contribution in [0.15, 0.2) is 12.3 Å². The van der Waals surface area contributed by atoms with Crippen molar-refractivity contribution in [3.8, 4) is 0 Å². The van der Waals surface area contributed by atoms with Gasteiger partial charge in [0.15, 0.2) is 0 Å². The smallest absolute Gasteiger partial charge is 0.149 e. The van der Waals surface area contributed by atoms with E-state index in [0.717, 1.165) is 5.56 Å². The summed E-state index contributed by atoms with van der Waals surface area (Å²) in [5, 5.41) is 3.02. The van der Waals surface area contributed by atoms with E-state index >= 15 is 0 Å². The Balaban J connectivity index is 2.70. The predicted molar refractivity (Wildman–Crippen MR) is 66.2 cm³/mol. The van der Waals surface area contributed by atoms with Gasteiger partial charge < -0.3 is 11.1 Å². The number of nitrogens with two attached hydrogens (primary N) is 1. The van der Waals surface area contributed by atoms with Crippen molar-refractivity contribution in [1.29, 1.82) is 0 Å². The molecular weight excluding hydrogens is 226 g/mol. The van der Waals surface area contributed by atoms with Crippen molar-refractivity contribution in [2.24, 2.45) is 0 Å². The molecule has 0 aromatic carbocycles. The van der Waals surface area contributed by atoms with Gasteiger partial charge in [0.05, 0.1) is 17.6 Å². The standard InChI is InChI=1S/C10H17N3O2S/c1-7-4-10(12-5-9(7)11)13-8(2)6-16(3,14)15/h4-5,8H,6,11H2,1-3H3,(H,12,13). The highest BCUT2D eigenvalue weighted by atomic mass is 32.2. The van der Waals surface area contributed by atoms with Gasteiger partial charge in [-0.25, -0.2) is 13.4 Å². The molecule has 5 nitrogen and oxygen atoms in total. The van der Waals surface area contributed by atoms with Crippen molar-refractivity contribution in [3.05, 3.63) is 17.8 Å². The SMILES string of the molecule is Cc1cc(NC(C)CS(C)(=O)=O)ncc1N. The van der Waals surface area contributed by atoms with E-state index in [1.165, 1.54) is 6.26 Å². The second-order valence-electron chi connectivity index (χ2n) is 4.06. The average molecular weight is 243 g/mol. The van der Waals surface area contributed by atoms with Crippen molar-refractivity contribution in [2.45, 2.75) is 19.9 Å². The van der Waals surface area contributed by atoms with Crippen LogP contribution in [-0.4, -0.2) is 31.5 Å². The lowest BCUT2D eigenvalue weighted by molar-refractivity contribution is 0.598. The number of nitrogen functional groups attached to an aromatic ring is 1. The van der Waals surface area contributed by atoms with Crippen LogP contribution in [0.25, 0.3) is 0 Å². The van der Waals surface area contributed by atoms with Crippen LogP contribution in [0.1, 0.15) is 12.5 Å². The van der Waals surface area contributed by atoms with Gasteiger partial charge in [0.1, 0.15) is 15.7 Å². The van der Waals surface area contributed by atoms with E-state index in [1.807, 2.05) is 6.92 Å². The van der Waals surface area contributed by atoms with Crippen molar-refractivity contribution in [2.75, 3.05) is 23.1 Å². The van der Waals surface area contributed by atoms with Gasteiger partial charge in [-0.2, -0.15) is 0 Å². The Morgan fingerprint density at radius 1 is 1.56 bits per heavy atom. The summed E-state index contributed by atoms with van der Waals surface area (Å²) in [5.74, 6) is 0.723. The molecule has 1 aromatic heterocycles. The summed E-state index contributed by atoms with van der Waals surface area (Å²) in [6.07, 6.45) is 2.78. The average Bonchev–Trinajstić information content (AvgIpc) is 2.08. The summed E-state index contributed by atoms with van der Waals surface area (Å²) in [6, 6.07) is 1.62. The second kappa shape index (κ2) is 4.69. The molecule has 0 saturated carbocycles. The van der Waals surface area contributed by atoms with Gasteiger partial charge in [0, 0.05) is 12.3 Å². The molecular formula is C10H17N3O2S. The molecule has 0 aliphatic carbocycles. The number of rotatable bonds is 4. The molecule has 0 radical (unpaired) electrons. The monoisotopic (exact) mass is 243 g/mol. The largest absolute Gasteiger partial charge is 0.397 e. The fraction of sp³-hybridized carbons (Fsp3) is 0.500. The summed E-state index contributed by atoms with van der Waals surface area (Å²) in [7, 11) is -2.98. The number of pyridine rings is 1. The Morgan fingerprint density at radius 2 is 2.19 bits per heavy atom. The first-order valence-electron chi connectivity index (χ1n) is 4.94. The van der Waals surface area contributed by atoms with Gasteiger partial charge in [0.25, 0.3) is 0 Å². The number of nitrogens with one attached hydrogen (secondary N) is 1. The topological polar surface area (TPSA) is 85.1 Å². The van der Waals surface area contributed by atoms with E-state index in [1.54, 1.807) is 19.2 Å². The normalized spacial score (nSPS) is 13.4. The minimum atomic E-state index is -2.98. The molecule has 0 spiro atoms. The van der Waals surface area contributed by atoms with E-state index in [0.29, 0.717) is 11.5 Å². The Morgan fingerprint density at radius 3 is 2.69 bits per heavy atom. The Hall–Kier alpha value is -1.30. The maximum atomic E-state index is 11.1. The molecule has 6 heteroatoms. The zero-order valence-electron chi connectivity index (χ0n) is 9.69. The van der Waals surface area contributed by atoms with E-state index in [9.17, 15) is 8.42 Å². The Labute approximate surface area is 96.0 Å². The van der Waals surface area contributed by atoms with Crippen LogP contribution in [0.3, 0.4) is 0 Å². The molecule has 0 saturated heterocycles. The van der Waals surface area contributed by atoms with Gasteiger partial charge in [-0.3, -0.25) is 0 Å². The van der Waals surface area contributed by atoms with E-state index < -0.39 is 9.84 Å². The molecule has 1 heterocycles. The highest BCUT2D eigenvalue weighted by Gasteiger charge is 2.10. The van der Waals surface area contributed by atoms with Crippen LogP contribution in [0.2, 0.25) is 0 Å². The molecule has 1 unspecified atom stereocenters. The number of aromatic nitrogens is 1. The maximum absolute atomic E-state index is 11.1. The summed E-state index contributed by atoms with van der Waals surface area (Å²) >= 11 is 0. The van der Waals surface area contributed by atoms with Crippen molar-refractivity contribution in [1.82, 2.24) is 4.98 Å². The number of nitrogens with zero attached hydrogens (tertiary/aromatic N) is 1. The van der Waals surface area contributed by atoms with E-state index in [2.05, 4.69) is 10.3 Å². The number of aryl methyl sites for hydroxylation is 1. The van der Waals surface area contributed by atoms with E-state index in [-0.39, 0.29) is 11.8 Å². The van der Waals surface area contributed by atoms with Gasteiger partial charge in [-0.05, 0) is 25.5 Å². The zero-order valence-corrected chi connectivity index (χ0v) is 10.5. The second-order valence-corrected chi connectivity index (χ2v) is 6.25. The summed E-state index contributed by atoms with van der Waals surface area (Å²) < 4.78 is 22.1. The lowest BCUT2D eigenvalue weighted by atomic mass is 10.2. The van der Waals surface area contributed by atoms with Crippen molar-refractivity contribution in [3.63, 3.8) is 0 Å². The van der Waals surface area contributed by atoms with Crippen LogP contribution >= 0.6 is 0 Å². The first-order chi connectivity index (χ1) is 7.28. The van der Waals surface area contributed by atoms with Crippen LogP contribution in [0.4, 0.5) is 11.5 Å². The number of anilines is 2. The Kier molecular flexibility index (Phi) is 3.74. The third-order valence-corrected chi connectivity index (χ3v) is 3.20. The fourth-order valence-corrected chi connectivity index (χ4v) is 2.39. The van der Waals surface area contributed by atoms with Gasteiger partial charge in [0.2, 0.25) is 0 Å². The summed E-state index contributed by atoms with van der Waals surface area (Å²) in [4.78, 5) is 4.08. The molecule has 0 aliphatic rings. The highest BCUT2D eigenvalue weighted by molar-refractivity contribution is 7.90. The predicted octanol–water partition coefficient (Wildman–Crippen LogP) is 0.817. The highest BCUT2D eigenvalue weighted by Crippen LogP contribution is 2.13. The van der Waals surface area contributed by atoms with E-state index in [4.69, 9.17) is 5.73 Å². The quantitative estimate of drug-likeness (QED) is 0.817. The molecule has 0 amide bonds. The molecule has 16 heavy (non-hydrogen) atoms. The summed E-state index contributed by atoms with van der Waals surface area (Å²) in [6.45, 7) is 3.68. The Bertz CT molecular complexity index is 471. The molecule has 0 bridgehead atoms. The summed E-state index contributed by atoms with van der Waals surface area (Å²) in [5.41, 5.74) is 7.18. The third-order valence-electron chi connectivity index (χ3n) is 2.10. The number of sulfone groups is 1. The van der Waals surface area contributed by atoms with Crippen LogP contribution in [0.5, 0.6) is 0 Å². The first kappa shape index (κ1) is 12.8. The van der Waals surface area contributed by atoms with Crippen molar-refractivity contribution >= 4 is 21.3 Å². The van der Waals surface area contributed by atoms with Crippen LogP contribution in [-0.2, 0) is 9.84 Å². The van der Waals surface area contributed by atoms with Crippen LogP contribution in [0, 0.1) is 6.92 Å². The molecule has 90 valence electrons. The lowest BCUT2D eigenvalue weighted by Crippen LogP contribution is -2.25. The zero-order chi connectivity index (χ0) is 12.3. The minimum absolute atomic E-state index is 0.0815. The maximum Gasteiger partial charge on any atom is 0.149 e. The first-order valence-corrected chi connectivity index (χ1v) is 7.00. The number of hydrogen-bond donors (Lipinski definition) is 2. The third kappa shape index (κ3) is 4.06. The number of hydrogen-bond acceptors (Lipinski definition) is 5. The molecule has 1 atom stereocenters. The van der Waals surface area contributed by atoms with Gasteiger partial charge >= 0.3 is 0 Å².